The minimum Gasteiger partial charge on any atom is -0.333 e. The van der Waals surface area contributed by atoms with Crippen molar-refractivity contribution in [2.75, 3.05) is 14.2 Å². The zero-order chi connectivity index (χ0) is 19.4. The van der Waals surface area contributed by atoms with E-state index in [1.165, 1.54) is 52.0 Å². The van der Waals surface area contributed by atoms with Gasteiger partial charge in [0, 0.05) is 14.2 Å². The molecule has 1 atom stereocenters. The van der Waals surface area contributed by atoms with Gasteiger partial charge in [0.15, 0.2) is 0 Å². The van der Waals surface area contributed by atoms with Crippen molar-refractivity contribution in [3.8, 4) is 0 Å². The van der Waals surface area contributed by atoms with Crippen LogP contribution in [0.25, 0.3) is 0 Å². The van der Waals surface area contributed by atoms with Crippen molar-refractivity contribution in [2.45, 2.75) is 77.0 Å². The molecular weight excluding hydrogens is 345 g/mol. The molecule has 0 saturated heterocycles. The first-order valence-corrected chi connectivity index (χ1v) is 9.27. The van der Waals surface area contributed by atoms with Crippen LogP contribution in [0, 0.1) is 0 Å². The average molecular weight is 376 g/mol. The third-order valence-electron chi connectivity index (χ3n) is 4.29. The number of halogens is 3. The molecule has 0 spiro atoms. The first-order valence-electron chi connectivity index (χ1n) is 9.27. The van der Waals surface area contributed by atoms with Crippen LogP contribution in [-0.2, 0) is 26.8 Å². The van der Waals surface area contributed by atoms with E-state index >= 15 is 0 Å². The molecule has 1 unspecified atom stereocenters. The van der Waals surface area contributed by atoms with Crippen molar-refractivity contribution in [3.05, 3.63) is 35.4 Å². The van der Waals surface area contributed by atoms with Gasteiger partial charge in [-0.15, -0.1) is 0 Å². The van der Waals surface area contributed by atoms with Gasteiger partial charge in [-0.3, -0.25) is 0 Å². The lowest BCUT2D eigenvalue weighted by atomic mass is 10.00. The van der Waals surface area contributed by atoms with Crippen LogP contribution in [0.5, 0.6) is 0 Å². The fraction of sp³-hybridized carbons (Fsp3) is 0.700. The summed E-state index contributed by atoms with van der Waals surface area (Å²) in [6.07, 6.45) is 3.43. The number of ether oxygens (including phenoxy) is 3. The SMILES string of the molecule is CCCCCCCCC(Cc1cccc(C(F)(F)F)c1)OC(OC)OC. The Labute approximate surface area is 154 Å². The van der Waals surface area contributed by atoms with Crippen molar-refractivity contribution in [1.82, 2.24) is 0 Å². The number of methoxy groups -OCH3 is 2. The molecule has 0 aromatic heterocycles. The number of alkyl halides is 3. The lowest BCUT2D eigenvalue weighted by molar-refractivity contribution is -0.284. The monoisotopic (exact) mass is 376 g/mol. The molecule has 6 heteroatoms. The molecule has 0 fully saturated rings. The number of rotatable bonds is 13. The lowest BCUT2D eigenvalue weighted by Gasteiger charge is -2.23. The highest BCUT2D eigenvalue weighted by molar-refractivity contribution is 5.26. The minimum atomic E-state index is -4.34. The van der Waals surface area contributed by atoms with E-state index in [4.69, 9.17) is 14.2 Å². The van der Waals surface area contributed by atoms with E-state index in [0.717, 1.165) is 25.3 Å². The Morgan fingerprint density at radius 3 is 2.23 bits per heavy atom. The van der Waals surface area contributed by atoms with E-state index in [0.29, 0.717) is 12.0 Å². The van der Waals surface area contributed by atoms with Crippen LogP contribution in [0.4, 0.5) is 13.2 Å². The van der Waals surface area contributed by atoms with Gasteiger partial charge in [-0.2, -0.15) is 13.2 Å². The van der Waals surface area contributed by atoms with E-state index in [1.54, 1.807) is 6.07 Å². The van der Waals surface area contributed by atoms with Gasteiger partial charge in [0.25, 0.3) is 6.48 Å². The van der Waals surface area contributed by atoms with Gasteiger partial charge in [-0.05, 0) is 24.5 Å². The zero-order valence-corrected chi connectivity index (χ0v) is 16.0. The predicted octanol–water partition coefficient (Wildman–Crippen LogP) is 5.96. The van der Waals surface area contributed by atoms with Gasteiger partial charge < -0.3 is 14.2 Å². The molecule has 0 aliphatic carbocycles. The van der Waals surface area contributed by atoms with Crippen LogP contribution < -0.4 is 0 Å². The molecule has 0 aliphatic rings. The summed E-state index contributed by atoms with van der Waals surface area (Å²) in [5.41, 5.74) is -0.0369. The number of unbranched alkanes of at least 4 members (excludes halogenated alkanes) is 5. The van der Waals surface area contributed by atoms with Crippen molar-refractivity contribution >= 4 is 0 Å². The normalized spacial score (nSPS) is 13.3. The lowest BCUT2D eigenvalue weighted by Crippen LogP contribution is -2.27. The van der Waals surface area contributed by atoms with Gasteiger partial charge in [-0.1, -0.05) is 63.6 Å². The van der Waals surface area contributed by atoms with Gasteiger partial charge in [-0.25, -0.2) is 0 Å². The van der Waals surface area contributed by atoms with E-state index in [1.807, 2.05) is 0 Å². The second-order valence-corrected chi connectivity index (χ2v) is 6.48. The largest absolute Gasteiger partial charge is 0.416 e. The molecule has 0 heterocycles. The third-order valence-corrected chi connectivity index (χ3v) is 4.29. The smallest absolute Gasteiger partial charge is 0.333 e. The average Bonchev–Trinajstić information content (AvgIpc) is 2.61. The van der Waals surface area contributed by atoms with Gasteiger partial charge in [0.1, 0.15) is 0 Å². The summed E-state index contributed by atoms with van der Waals surface area (Å²) in [7, 11) is 2.94. The molecule has 0 N–H and O–H groups in total. The summed E-state index contributed by atoms with van der Waals surface area (Å²) in [6.45, 7) is 1.36. The Morgan fingerprint density at radius 1 is 0.962 bits per heavy atom. The Kier molecular flexibility index (Phi) is 10.9. The highest BCUT2D eigenvalue weighted by Crippen LogP contribution is 2.30. The number of hydrogen-bond acceptors (Lipinski definition) is 3. The minimum absolute atomic E-state index is 0.255. The Bertz CT molecular complexity index is 487. The van der Waals surface area contributed by atoms with Crippen molar-refractivity contribution in [3.63, 3.8) is 0 Å². The summed E-state index contributed by atoms with van der Waals surface area (Å²) in [5, 5.41) is 0. The predicted molar refractivity (Wildman–Crippen MR) is 95.8 cm³/mol. The fourth-order valence-electron chi connectivity index (χ4n) is 2.87. The Morgan fingerprint density at radius 2 is 1.62 bits per heavy atom. The van der Waals surface area contributed by atoms with Crippen LogP contribution >= 0.6 is 0 Å². The third kappa shape index (κ3) is 9.01. The fourth-order valence-corrected chi connectivity index (χ4v) is 2.87. The molecule has 26 heavy (non-hydrogen) atoms. The first-order chi connectivity index (χ1) is 12.4. The summed E-state index contributed by atoms with van der Waals surface area (Å²) in [4.78, 5) is 0. The summed E-state index contributed by atoms with van der Waals surface area (Å²) >= 11 is 0. The van der Waals surface area contributed by atoms with Gasteiger partial charge in [0.2, 0.25) is 0 Å². The Hall–Kier alpha value is -1.11. The Balaban J connectivity index is 2.66. The van der Waals surface area contributed by atoms with Crippen LogP contribution in [-0.4, -0.2) is 26.8 Å². The maximum atomic E-state index is 12.9. The maximum absolute atomic E-state index is 12.9. The van der Waals surface area contributed by atoms with Crippen LogP contribution in [0.1, 0.15) is 63.0 Å². The van der Waals surface area contributed by atoms with Crippen molar-refractivity contribution in [2.24, 2.45) is 0 Å². The van der Waals surface area contributed by atoms with Crippen LogP contribution in [0.3, 0.4) is 0 Å². The summed E-state index contributed by atoms with van der Waals surface area (Å²) in [5.74, 6) is 0. The molecule has 1 aromatic rings. The molecule has 1 aromatic carbocycles. The van der Waals surface area contributed by atoms with Crippen LogP contribution in [0.15, 0.2) is 24.3 Å². The molecule has 0 amide bonds. The van der Waals surface area contributed by atoms with E-state index < -0.39 is 18.2 Å². The van der Waals surface area contributed by atoms with Crippen molar-refractivity contribution in [1.29, 1.82) is 0 Å². The second kappa shape index (κ2) is 12.3. The number of hydrogen-bond donors (Lipinski definition) is 0. The summed E-state index contributed by atoms with van der Waals surface area (Å²) < 4.78 is 54.7. The molecule has 150 valence electrons. The molecule has 1 rings (SSSR count). The maximum Gasteiger partial charge on any atom is 0.416 e. The standard InChI is InChI=1S/C20H31F3O3/c1-4-5-6-7-8-9-13-18(26-19(24-2)25-3)15-16-11-10-12-17(14-16)20(21,22)23/h10-12,14,18-19H,4-9,13,15H2,1-3H3. The molecule has 0 aliphatic heterocycles. The second-order valence-electron chi connectivity index (χ2n) is 6.48. The van der Waals surface area contributed by atoms with E-state index in [9.17, 15) is 13.2 Å². The van der Waals surface area contributed by atoms with E-state index in [2.05, 4.69) is 6.92 Å². The summed E-state index contributed by atoms with van der Waals surface area (Å²) in [6, 6.07) is 5.40. The molecule has 0 saturated carbocycles. The zero-order valence-electron chi connectivity index (χ0n) is 16.0. The highest BCUT2D eigenvalue weighted by Gasteiger charge is 2.30. The van der Waals surface area contributed by atoms with Crippen molar-refractivity contribution < 1.29 is 27.4 Å². The molecule has 0 radical (unpaired) electrons. The van der Waals surface area contributed by atoms with Crippen LogP contribution in [0.2, 0.25) is 0 Å². The van der Waals surface area contributed by atoms with Gasteiger partial charge >= 0.3 is 6.18 Å². The molecule has 3 nitrogen and oxygen atoms in total. The molecular formula is C20H31F3O3. The topological polar surface area (TPSA) is 27.7 Å². The molecule has 0 bridgehead atoms. The number of benzene rings is 1. The van der Waals surface area contributed by atoms with E-state index in [-0.39, 0.29) is 6.10 Å². The van der Waals surface area contributed by atoms with Gasteiger partial charge in [0.05, 0.1) is 11.7 Å². The highest BCUT2D eigenvalue weighted by atomic mass is 19.4. The first kappa shape index (κ1) is 22.9. The quantitative estimate of drug-likeness (QED) is 0.314.